The summed E-state index contributed by atoms with van der Waals surface area (Å²) in [5.41, 5.74) is 0.220. The van der Waals surface area contributed by atoms with Gasteiger partial charge in [-0.05, 0) is 32.3 Å². The monoisotopic (exact) mass is 264 g/mol. The van der Waals surface area contributed by atoms with Crippen LogP contribution in [0.5, 0.6) is 0 Å². The Morgan fingerprint density at radius 1 is 1.37 bits per heavy atom. The summed E-state index contributed by atoms with van der Waals surface area (Å²) in [6.07, 6.45) is 5.17. The Bertz CT molecular complexity index is 370. The Hall–Kier alpha value is -0.870. The molecule has 1 N–H and O–H groups in total. The van der Waals surface area contributed by atoms with E-state index in [2.05, 4.69) is 43.0 Å². The molecule has 2 rings (SSSR count). The highest BCUT2D eigenvalue weighted by Crippen LogP contribution is 2.20. The summed E-state index contributed by atoms with van der Waals surface area (Å²) in [5.74, 6) is 0.750. The maximum absolute atomic E-state index is 4.30. The molecule has 1 aliphatic rings. The van der Waals surface area contributed by atoms with Crippen LogP contribution in [-0.4, -0.2) is 45.9 Å². The van der Waals surface area contributed by atoms with Gasteiger partial charge in [0.25, 0.3) is 0 Å². The number of hydrogen-bond acceptors (Lipinski definition) is 3. The summed E-state index contributed by atoms with van der Waals surface area (Å²) >= 11 is 0. The lowest BCUT2D eigenvalue weighted by Crippen LogP contribution is -2.62. The summed E-state index contributed by atoms with van der Waals surface area (Å²) in [5, 5.41) is 7.97. The van der Waals surface area contributed by atoms with Gasteiger partial charge >= 0.3 is 0 Å². The van der Waals surface area contributed by atoms with Crippen LogP contribution >= 0.6 is 0 Å². The molecular weight excluding hydrogens is 236 g/mol. The van der Waals surface area contributed by atoms with Gasteiger partial charge in [-0.2, -0.15) is 5.10 Å². The molecule has 1 fully saturated rings. The molecule has 1 atom stereocenters. The van der Waals surface area contributed by atoms with Gasteiger partial charge in [-0.3, -0.25) is 9.58 Å². The molecule has 4 nitrogen and oxygen atoms in total. The molecule has 0 saturated carbocycles. The fourth-order valence-corrected chi connectivity index (χ4v) is 2.92. The van der Waals surface area contributed by atoms with Gasteiger partial charge in [-0.15, -0.1) is 0 Å². The van der Waals surface area contributed by atoms with Gasteiger partial charge in [-0.1, -0.05) is 13.8 Å². The Morgan fingerprint density at radius 2 is 2.16 bits per heavy atom. The van der Waals surface area contributed by atoms with Crippen LogP contribution in [0.3, 0.4) is 0 Å². The van der Waals surface area contributed by atoms with Crippen LogP contribution in [0.25, 0.3) is 0 Å². The molecule has 0 spiro atoms. The number of nitrogens with zero attached hydrogens (tertiary/aromatic N) is 3. The molecule has 1 aromatic heterocycles. The standard InChI is InChI=1S/C15H28N4/c1-13(2)10-14-11-16-15(3,4)12-18(14)8-9-19-7-5-6-17-19/h5-7,13-14,16H,8-12H2,1-4H3. The molecular formula is C15H28N4. The van der Waals surface area contributed by atoms with Crippen LogP contribution in [0.4, 0.5) is 0 Å². The Kier molecular flexibility index (Phi) is 4.63. The van der Waals surface area contributed by atoms with Crippen LogP contribution in [0.2, 0.25) is 0 Å². The number of aromatic nitrogens is 2. The average Bonchev–Trinajstić information content (AvgIpc) is 2.81. The molecule has 0 radical (unpaired) electrons. The molecule has 1 aliphatic heterocycles. The van der Waals surface area contributed by atoms with E-state index < -0.39 is 0 Å². The smallest absolute Gasteiger partial charge is 0.0536 e. The number of rotatable bonds is 5. The third-order valence-corrected chi connectivity index (χ3v) is 3.85. The van der Waals surface area contributed by atoms with Gasteiger partial charge in [0.15, 0.2) is 0 Å². The molecule has 4 heteroatoms. The van der Waals surface area contributed by atoms with Crippen LogP contribution in [0.1, 0.15) is 34.1 Å². The third kappa shape index (κ3) is 4.32. The Labute approximate surface area is 117 Å². The second kappa shape index (κ2) is 6.06. The molecule has 2 heterocycles. The largest absolute Gasteiger partial charge is 0.309 e. The van der Waals surface area contributed by atoms with Crippen molar-refractivity contribution < 1.29 is 0 Å². The van der Waals surface area contributed by atoms with Crippen LogP contribution < -0.4 is 5.32 Å². The van der Waals surface area contributed by atoms with E-state index >= 15 is 0 Å². The second-order valence-corrected chi connectivity index (χ2v) is 6.79. The predicted octanol–water partition coefficient (Wildman–Crippen LogP) is 1.98. The first-order chi connectivity index (χ1) is 8.96. The van der Waals surface area contributed by atoms with E-state index in [9.17, 15) is 0 Å². The van der Waals surface area contributed by atoms with Gasteiger partial charge in [0.2, 0.25) is 0 Å². The van der Waals surface area contributed by atoms with Crippen molar-refractivity contribution in [2.45, 2.75) is 52.2 Å². The highest BCUT2D eigenvalue weighted by atomic mass is 15.3. The molecule has 19 heavy (non-hydrogen) atoms. The number of piperazine rings is 1. The number of hydrogen-bond donors (Lipinski definition) is 1. The topological polar surface area (TPSA) is 33.1 Å². The fourth-order valence-electron chi connectivity index (χ4n) is 2.92. The molecule has 1 aromatic rings. The first-order valence-electron chi connectivity index (χ1n) is 7.43. The normalized spacial score (nSPS) is 23.9. The van der Waals surface area contributed by atoms with Crippen molar-refractivity contribution in [1.82, 2.24) is 20.0 Å². The SMILES string of the molecule is CC(C)CC1CNC(C)(C)CN1CCn1cccn1. The lowest BCUT2D eigenvalue weighted by atomic mass is 9.94. The maximum atomic E-state index is 4.30. The quantitative estimate of drug-likeness (QED) is 0.883. The summed E-state index contributed by atoms with van der Waals surface area (Å²) in [6.45, 7) is 13.5. The fraction of sp³-hybridized carbons (Fsp3) is 0.800. The minimum atomic E-state index is 0.220. The van der Waals surface area contributed by atoms with E-state index in [1.54, 1.807) is 0 Å². The van der Waals surface area contributed by atoms with E-state index in [-0.39, 0.29) is 5.54 Å². The minimum Gasteiger partial charge on any atom is -0.309 e. The van der Waals surface area contributed by atoms with E-state index in [1.165, 1.54) is 6.42 Å². The highest BCUT2D eigenvalue weighted by Gasteiger charge is 2.32. The van der Waals surface area contributed by atoms with Gasteiger partial charge in [0.05, 0.1) is 6.54 Å². The van der Waals surface area contributed by atoms with Crippen LogP contribution in [-0.2, 0) is 6.54 Å². The first-order valence-corrected chi connectivity index (χ1v) is 7.43. The molecule has 0 aromatic carbocycles. The Morgan fingerprint density at radius 3 is 2.79 bits per heavy atom. The zero-order valence-electron chi connectivity index (χ0n) is 12.8. The molecule has 1 unspecified atom stereocenters. The zero-order valence-corrected chi connectivity index (χ0v) is 12.8. The third-order valence-electron chi connectivity index (χ3n) is 3.85. The predicted molar refractivity (Wildman–Crippen MR) is 79.1 cm³/mol. The molecule has 0 bridgehead atoms. The number of nitrogens with one attached hydrogen (secondary N) is 1. The average molecular weight is 264 g/mol. The lowest BCUT2D eigenvalue weighted by molar-refractivity contribution is 0.0785. The molecule has 0 amide bonds. The van der Waals surface area contributed by atoms with Crippen molar-refractivity contribution in [1.29, 1.82) is 0 Å². The summed E-state index contributed by atoms with van der Waals surface area (Å²) in [7, 11) is 0. The van der Waals surface area contributed by atoms with Gasteiger partial charge in [0.1, 0.15) is 0 Å². The first kappa shape index (κ1) is 14.5. The van der Waals surface area contributed by atoms with Crippen molar-refractivity contribution in [3.8, 4) is 0 Å². The Balaban J connectivity index is 1.94. The van der Waals surface area contributed by atoms with Gasteiger partial charge in [-0.25, -0.2) is 0 Å². The summed E-state index contributed by atoms with van der Waals surface area (Å²) < 4.78 is 2.03. The summed E-state index contributed by atoms with van der Waals surface area (Å²) in [4.78, 5) is 2.64. The van der Waals surface area contributed by atoms with Crippen molar-refractivity contribution in [3.05, 3.63) is 18.5 Å². The maximum Gasteiger partial charge on any atom is 0.0536 e. The molecule has 1 saturated heterocycles. The van der Waals surface area contributed by atoms with E-state index in [0.29, 0.717) is 6.04 Å². The molecule has 108 valence electrons. The second-order valence-electron chi connectivity index (χ2n) is 6.79. The van der Waals surface area contributed by atoms with Crippen molar-refractivity contribution >= 4 is 0 Å². The van der Waals surface area contributed by atoms with E-state index in [0.717, 1.165) is 32.1 Å². The van der Waals surface area contributed by atoms with Crippen molar-refractivity contribution in [2.24, 2.45) is 5.92 Å². The van der Waals surface area contributed by atoms with E-state index in [4.69, 9.17) is 0 Å². The highest BCUT2D eigenvalue weighted by molar-refractivity contribution is 4.92. The van der Waals surface area contributed by atoms with Gasteiger partial charge < -0.3 is 5.32 Å². The lowest BCUT2D eigenvalue weighted by Gasteiger charge is -2.45. The minimum absolute atomic E-state index is 0.220. The summed E-state index contributed by atoms with van der Waals surface area (Å²) in [6, 6.07) is 2.65. The van der Waals surface area contributed by atoms with Crippen LogP contribution in [0.15, 0.2) is 18.5 Å². The van der Waals surface area contributed by atoms with Crippen molar-refractivity contribution in [3.63, 3.8) is 0 Å². The molecule has 0 aliphatic carbocycles. The van der Waals surface area contributed by atoms with Crippen molar-refractivity contribution in [2.75, 3.05) is 19.6 Å². The van der Waals surface area contributed by atoms with Gasteiger partial charge in [0, 0.05) is 43.6 Å². The zero-order chi connectivity index (χ0) is 13.9. The van der Waals surface area contributed by atoms with Crippen LogP contribution in [0, 0.1) is 5.92 Å². The van der Waals surface area contributed by atoms with E-state index in [1.807, 2.05) is 23.1 Å².